The van der Waals surface area contributed by atoms with Gasteiger partial charge in [0.1, 0.15) is 12.2 Å². The van der Waals surface area contributed by atoms with Crippen molar-refractivity contribution in [1.29, 1.82) is 0 Å². The van der Waals surface area contributed by atoms with Gasteiger partial charge in [0.05, 0.1) is 13.2 Å². The number of likely N-dealkylation sites (N-methyl/N-ethyl adjacent to an activating group) is 1. The number of alkyl halides is 1. The van der Waals surface area contributed by atoms with Crippen molar-refractivity contribution in [3.05, 3.63) is 0 Å². The molecule has 57 heavy (non-hydrogen) atoms. The summed E-state index contributed by atoms with van der Waals surface area (Å²) in [5.74, 6) is 1.81. The van der Waals surface area contributed by atoms with Gasteiger partial charge in [0.15, 0.2) is 0 Å². The standard InChI is InChI=1S/C11H22N2.C10H19NO2.C9H20N2.C8H16FN.C8H17NO/c1-11(2,3)13-7-9-5-12(4)6-10(9)8-13;1-10(2,3)11-7-5-6-8(11)9(12)13-4;1-9(2,3)11-7-5-10(4)6-8-11;1-8(2,3)10-5-4-7(9)6-10;1-8(2,3)9-5-4-7(10)6-9/h9-10H,5-8H2,1-4H3;8H,5-7H2,1-4H3;5-8H2,1-4H3;7H,4-6H2,1-3H3;7,10H,4-6H2,1-3H3. The van der Waals surface area contributed by atoms with Crippen LogP contribution in [0.3, 0.4) is 0 Å². The van der Waals surface area contributed by atoms with Gasteiger partial charge in [-0.15, -0.1) is 0 Å². The summed E-state index contributed by atoms with van der Waals surface area (Å²) >= 11 is 0. The van der Waals surface area contributed by atoms with Crippen LogP contribution in [0, 0.1) is 11.8 Å². The average Bonchev–Trinajstić information content (AvgIpc) is 3.89. The topological polar surface area (TPSA) is 69.2 Å². The second-order valence-electron chi connectivity index (χ2n) is 22.9. The van der Waals surface area contributed by atoms with Gasteiger partial charge in [-0.25, -0.2) is 4.39 Å². The van der Waals surface area contributed by atoms with E-state index in [1.807, 2.05) is 0 Å². The van der Waals surface area contributed by atoms with Gasteiger partial charge < -0.3 is 19.6 Å². The van der Waals surface area contributed by atoms with Gasteiger partial charge in [0.25, 0.3) is 0 Å². The molecule has 6 heterocycles. The first-order valence-corrected chi connectivity index (χ1v) is 22.5. The Bertz CT molecular complexity index is 1120. The van der Waals surface area contributed by atoms with Crippen LogP contribution in [0.1, 0.15) is 130 Å². The summed E-state index contributed by atoms with van der Waals surface area (Å²) in [6.45, 7) is 47.8. The van der Waals surface area contributed by atoms with Crippen molar-refractivity contribution in [3.8, 4) is 0 Å². The smallest absolute Gasteiger partial charge is 0.323 e. The number of ether oxygens (including phenoxy) is 1. The van der Waals surface area contributed by atoms with Crippen molar-refractivity contribution in [2.45, 2.75) is 176 Å². The lowest BCUT2D eigenvalue weighted by Crippen LogP contribution is -2.52. The van der Waals surface area contributed by atoms with Crippen LogP contribution in [-0.4, -0.2) is 198 Å². The van der Waals surface area contributed by atoms with Gasteiger partial charge in [-0.2, -0.15) is 0 Å². The molecule has 0 amide bonds. The molecule has 6 saturated heterocycles. The fraction of sp³-hybridized carbons (Fsp3) is 0.978. The molecule has 0 spiro atoms. The summed E-state index contributed by atoms with van der Waals surface area (Å²) in [5, 5.41) is 9.22. The molecule has 0 saturated carbocycles. The minimum Gasteiger partial charge on any atom is -0.468 e. The summed E-state index contributed by atoms with van der Waals surface area (Å²) in [4.78, 5) is 28.2. The molecule has 6 fully saturated rings. The highest BCUT2D eigenvalue weighted by atomic mass is 19.1. The minimum atomic E-state index is -0.584. The number of aliphatic hydroxyl groups excluding tert-OH is 1. The Morgan fingerprint density at radius 3 is 1.32 bits per heavy atom. The molecule has 0 bridgehead atoms. The second kappa shape index (κ2) is 21.7. The molecule has 0 aromatic heterocycles. The number of likely N-dealkylation sites (tertiary alicyclic amines) is 5. The number of rotatable bonds is 1. The second-order valence-corrected chi connectivity index (χ2v) is 22.9. The molecule has 6 aliphatic heterocycles. The van der Waals surface area contributed by atoms with E-state index < -0.39 is 6.17 Å². The largest absolute Gasteiger partial charge is 0.468 e. The zero-order valence-corrected chi connectivity index (χ0v) is 40.7. The van der Waals surface area contributed by atoms with E-state index >= 15 is 0 Å². The van der Waals surface area contributed by atoms with E-state index in [0.29, 0.717) is 17.6 Å². The lowest BCUT2D eigenvalue weighted by atomic mass is 10.0. The summed E-state index contributed by atoms with van der Waals surface area (Å²) in [5.41, 5.74) is 1.19. The number of β-amino-alcohol motifs (C(OH)–C–C–N with tert-alkyl or cyclic N) is 1. The number of carbonyl (C=O) groups excluding carboxylic acids is 1. The van der Waals surface area contributed by atoms with E-state index in [1.54, 1.807) is 0 Å². The molecule has 11 heteroatoms. The Hall–Kier alpha value is -0.920. The van der Waals surface area contributed by atoms with Crippen LogP contribution in [0.5, 0.6) is 0 Å². The third-order valence-electron chi connectivity index (χ3n) is 12.8. The van der Waals surface area contributed by atoms with Crippen molar-refractivity contribution in [3.63, 3.8) is 0 Å². The number of carbonyl (C=O) groups is 1. The van der Waals surface area contributed by atoms with E-state index in [9.17, 15) is 14.3 Å². The SMILES string of the molecule is CC(C)(C)N1CCC(F)C1.CC(C)(C)N1CCC(O)C1.CN1CC2CN(C(C)(C)C)CC2C1.CN1CCN(C(C)(C)C)CC1.COC(=O)C1CCCN1C(C)(C)C. The molecule has 5 atom stereocenters. The van der Waals surface area contributed by atoms with E-state index in [4.69, 9.17) is 4.74 Å². The minimum absolute atomic E-state index is 0.0231. The van der Waals surface area contributed by atoms with Gasteiger partial charge in [-0.05, 0) is 162 Å². The van der Waals surface area contributed by atoms with E-state index in [2.05, 4.69) is 152 Å². The molecule has 6 aliphatic rings. The Labute approximate surface area is 352 Å². The quantitative estimate of drug-likeness (QED) is 0.301. The summed E-state index contributed by atoms with van der Waals surface area (Å²) < 4.78 is 17.4. The van der Waals surface area contributed by atoms with Gasteiger partial charge in [0.2, 0.25) is 0 Å². The zero-order chi connectivity index (χ0) is 43.7. The summed E-state index contributed by atoms with van der Waals surface area (Å²) in [7, 11) is 5.90. The molecule has 0 aromatic carbocycles. The molecule has 0 aliphatic carbocycles. The number of esters is 1. The van der Waals surface area contributed by atoms with Crippen molar-refractivity contribution >= 4 is 5.97 Å². The monoisotopic (exact) mass is 812 g/mol. The third kappa shape index (κ3) is 17.9. The molecule has 10 nitrogen and oxygen atoms in total. The number of methoxy groups -OCH3 is 1. The van der Waals surface area contributed by atoms with Crippen molar-refractivity contribution in [2.75, 3.05) is 106 Å². The molecule has 0 aromatic rings. The highest BCUT2D eigenvalue weighted by Crippen LogP contribution is 2.34. The number of halogens is 1. The van der Waals surface area contributed by atoms with Crippen LogP contribution in [0.25, 0.3) is 0 Å². The maximum absolute atomic E-state index is 12.7. The van der Waals surface area contributed by atoms with Gasteiger partial charge in [-0.3, -0.25) is 29.3 Å². The number of hydrogen-bond donors (Lipinski definition) is 1. The lowest BCUT2D eigenvalue weighted by molar-refractivity contribution is -0.147. The van der Waals surface area contributed by atoms with Gasteiger partial charge in [-0.1, -0.05) is 0 Å². The molecular formula is C46H94FN7O3. The first kappa shape index (κ1) is 52.2. The molecule has 6 rings (SSSR count). The molecule has 0 radical (unpaired) electrons. The first-order chi connectivity index (χ1) is 25.9. The maximum atomic E-state index is 12.7. The van der Waals surface area contributed by atoms with Crippen LogP contribution in [0.15, 0.2) is 0 Å². The molecule has 1 N–H and O–H groups in total. The number of aliphatic hydroxyl groups is 1. The number of piperazine rings is 1. The van der Waals surface area contributed by atoms with E-state index in [1.165, 1.54) is 59.5 Å². The fourth-order valence-corrected chi connectivity index (χ4v) is 8.88. The van der Waals surface area contributed by atoms with Crippen molar-refractivity contribution < 1.29 is 19.0 Å². The van der Waals surface area contributed by atoms with Crippen molar-refractivity contribution in [2.24, 2.45) is 11.8 Å². The average molecular weight is 812 g/mol. The van der Waals surface area contributed by atoms with Crippen LogP contribution in [-0.2, 0) is 9.53 Å². The zero-order valence-electron chi connectivity index (χ0n) is 40.7. The predicted molar refractivity (Wildman–Crippen MR) is 239 cm³/mol. The number of nitrogens with zero attached hydrogens (tertiary/aromatic N) is 7. The van der Waals surface area contributed by atoms with Gasteiger partial charge >= 0.3 is 5.97 Å². The fourth-order valence-electron chi connectivity index (χ4n) is 8.88. The molecule has 338 valence electrons. The normalized spacial score (nSPS) is 29.0. The Morgan fingerprint density at radius 2 is 0.982 bits per heavy atom. The summed E-state index contributed by atoms with van der Waals surface area (Å²) in [6, 6.07) is -0.0231. The van der Waals surface area contributed by atoms with Crippen LogP contribution >= 0.6 is 0 Å². The Balaban J connectivity index is 0.000000247. The van der Waals surface area contributed by atoms with Gasteiger partial charge in [0, 0.05) is 106 Å². The van der Waals surface area contributed by atoms with Crippen LogP contribution in [0.2, 0.25) is 0 Å². The van der Waals surface area contributed by atoms with Crippen LogP contribution < -0.4 is 0 Å². The van der Waals surface area contributed by atoms with Crippen LogP contribution in [0.4, 0.5) is 4.39 Å². The number of hydrogen-bond acceptors (Lipinski definition) is 10. The first-order valence-electron chi connectivity index (χ1n) is 22.5. The van der Waals surface area contributed by atoms with E-state index in [0.717, 1.165) is 63.7 Å². The number of fused-ring (bicyclic) bond motifs is 1. The Morgan fingerprint density at radius 1 is 0.526 bits per heavy atom. The lowest BCUT2D eigenvalue weighted by Gasteiger charge is -2.41. The third-order valence-corrected chi connectivity index (χ3v) is 12.8. The summed E-state index contributed by atoms with van der Waals surface area (Å²) in [6.07, 6.45) is 3.02. The van der Waals surface area contributed by atoms with Crippen molar-refractivity contribution in [1.82, 2.24) is 34.3 Å². The molecule has 5 unspecified atom stereocenters. The maximum Gasteiger partial charge on any atom is 0.323 e. The molecular weight excluding hydrogens is 718 g/mol. The van der Waals surface area contributed by atoms with E-state index in [-0.39, 0.29) is 34.7 Å². The highest BCUT2D eigenvalue weighted by molar-refractivity contribution is 5.76. The predicted octanol–water partition coefficient (Wildman–Crippen LogP) is 6.41. The highest BCUT2D eigenvalue weighted by Gasteiger charge is 2.42. The Kier molecular flexibility index (Phi) is 19.9.